The van der Waals surface area contributed by atoms with Gasteiger partial charge in [-0.2, -0.15) is 0 Å². The van der Waals surface area contributed by atoms with Crippen molar-refractivity contribution in [2.75, 3.05) is 0 Å². The first-order chi connectivity index (χ1) is 6.93. The second-order valence-corrected chi connectivity index (χ2v) is 5.15. The van der Waals surface area contributed by atoms with E-state index in [1.54, 1.807) is 6.07 Å². The fraction of sp³-hybridized carbons (Fsp3) is 0. The number of rotatable bonds is 2. The van der Waals surface area contributed by atoms with Crippen molar-refractivity contribution >= 4 is 59.8 Å². The number of hydrogen-bond donors (Lipinski definition) is 2. The van der Waals surface area contributed by atoms with Crippen LogP contribution in [0.5, 0.6) is 5.75 Å². The fourth-order valence-electron chi connectivity index (χ4n) is 0.913. The molecule has 6 heteroatoms. The Balaban J connectivity index is 3.30. The van der Waals surface area contributed by atoms with E-state index in [0.29, 0.717) is 14.5 Å². The summed E-state index contributed by atoms with van der Waals surface area (Å²) in [6.45, 7) is 0. The zero-order valence-electron chi connectivity index (χ0n) is 7.30. The molecule has 0 radical (unpaired) electrons. The largest absolute Gasteiger partial charge is 0.506 e. The summed E-state index contributed by atoms with van der Waals surface area (Å²) >= 11 is 9.71. The minimum atomic E-state index is -0.545. The molecule has 0 fully saturated rings. The fourth-order valence-corrected chi connectivity index (χ4v) is 3.30. The van der Waals surface area contributed by atoms with Gasteiger partial charge in [0.2, 0.25) is 5.91 Å². The van der Waals surface area contributed by atoms with Gasteiger partial charge in [-0.3, -0.25) is 4.79 Å². The number of benzene rings is 1. The van der Waals surface area contributed by atoms with E-state index in [9.17, 15) is 9.90 Å². The van der Waals surface area contributed by atoms with Gasteiger partial charge in [0.25, 0.3) is 0 Å². The summed E-state index contributed by atoms with van der Waals surface area (Å²) < 4.78 is 1.77. The molecule has 0 aliphatic rings. The molecule has 0 aliphatic heterocycles. The molecule has 0 unspecified atom stereocenters. The highest BCUT2D eigenvalue weighted by molar-refractivity contribution is 9.11. The Hall–Kier alpha value is -0.330. The number of phenolic OH excluding ortho intramolecular Hbond substituents is 1. The molecular weight excluding hydrogens is 394 g/mol. The quantitative estimate of drug-likeness (QED) is 0.750. The number of nitrogens with two attached hydrogens (primary N) is 1. The van der Waals surface area contributed by atoms with E-state index in [0.717, 1.165) is 4.47 Å². The third-order valence-electron chi connectivity index (χ3n) is 1.60. The molecule has 1 amide bonds. The molecule has 0 aromatic heterocycles. The van der Waals surface area contributed by atoms with Crippen molar-refractivity contribution in [3.05, 3.63) is 31.1 Å². The molecule has 1 rings (SSSR count). The van der Waals surface area contributed by atoms with Gasteiger partial charge in [0.15, 0.2) is 0 Å². The normalized spacial score (nSPS) is 10.9. The summed E-state index contributed by atoms with van der Waals surface area (Å²) in [5.41, 5.74) is 5.63. The number of phenols is 1. The van der Waals surface area contributed by atoms with Gasteiger partial charge >= 0.3 is 0 Å². The van der Waals surface area contributed by atoms with Gasteiger partial charge in [0.05, 0.1) is 8.95 Å². The second-order valence-electron chi connectivity index (χ2n) is 2.65. The lowest BCUT2D eigenvalue weighted by atomic mass is 10.2. The molecule has 3 nitrogen and oxygen atoms in total. The Kier molecular flexibility index (Phi) is 4.36. The topological polar surface area (TPSA) is 63.3 Å². The Morgan fingerprint density at radius 2 is 1.93 bits per heavy atom. The summed E-state index contributed by atoms with van der Waals surface area (Å²) in [6, 6.07) is 1.68. The van der Waals surface area contributed by atoms with Gasteiger partial charge in [-0.15, -0.1) is 0 Å². The van der Waals surface area contributed by atoms with Crippen molar-refractivity contribution in [1.82, 2.24) is 0 Å². The average Bonchev–Trinajstić information content (AvgIpc) is 2.14. The average molecular weight is 400 g/mol. The molecule has 0 saturated heterocycles. The number of halogens is 3. The standard InChI is InChI=1S/C9H6Br3NO2/c10-5-3-6(11)9(15)8(12)4(5)1-2-7(13)14/h1-3,15H,(H2,13,14)/b2-1+. The van der Waals surface area contributed by atoms with Crippen molar-refractivity contribution in [2.45, 2.75) is 0 Å². The first-order valence-corrected chi connectivity index (χ1v) is 6.15. The van der Waals surface area contributed by atoms with E-state index in [1.807, 2.05) is 0 Å². The minimum absolute atomic E-state index is 0.0716. The van der Waals surface area contributed by atoms with Crippen LogP contribution in [0.4, 0.5) is 0 Å². The molecule has 0 heterocycles. The highest BCUT2D eigenvalue weighted by Crippen LogP contribution is 2.39. The molecule has 80 valence electrons. The molecule has 0 atom stereocenters. The van der Waals surface area contributed by atoms with Gasteiger partial charge in [0, 0.05) is 16.1 Å². The van der Waals surface area contributed by atoms with Gasteiger partial charge in [0.1, 0.15) is 5.75 Å². The van der Waals surface area contributed by atoms with Crippen LogP contribution in [-0.2, 0) is 4.79 Å². The van der Waals surface area contributed by atoms with Crippen molar-refractivity contribution in [1.29, 1.82) is 0 Å². The smallest absolute Gasteiger partial charge is 0.241 e. The molecule has 0 saturated carbocycles. The number of carbonyl (C=O) groups excluding carboxylic acids is 1. The highest BCUT2D eigenvalue weighted by Gasteiger charge is 2.11. The van der Waals surface area contributed by atoms with E-state index in [2.05, 4.69) is 47.8 Å². The highest BCUT2D eigenvalue weighted by atomic mass is 79.9. The maximum absolute atomic E-state index is 10.6. The monoisotopic (exact) mass is 397 g/mol. The molecule has 15 heavy (non-hydrogen) atoms. The SMILES string of the molecule is NC(=O)/C=C/c1c(Br)cc(Br)c(O)c1Br. The predicted molar refractivity (Wildman–Crippen MR) is 69.4 cm³/mol. The lowest BCUT2D eigenvalue weighted by molar-refractivity contribution is -0.113. The van der Waals surface area contributed by atoms with Crippen LogP contribution in [0.15, 0.2) is 25.6 Å². The van der Waals surface area contributed by atoms with Crippen LogP contribution < -0.4 is 5.73 Å². The third-order valence-corrected chi connectivity index (χ3v) is 3.66. The predicted octanol–water partition coefficient (Wildman–Crippen LogP) is 3.18. The molecule has 0 aliphatic carbocycles. The van der Waals surface area contributed by atoms with Gasteiger partial charge in [-0.1, -0.05) is 15.9 Å². The molecule has 0 spiro atoms. The number of amides is 1. The van der Waals surface area contributed by atoms with Crippen molar-refractivity contribution < 1.29 is 9.90 Å². The maximum Gasteiger partial charge on any atom is 0.241 e. The van der Waals surface area contributed by atoms with Gasteiger partial charge in [-0.25, -0.2) is 0 Å². The number of hydrogen-bond acceptors (Lipinski definition) is 2. The first-order valence-electron chi connectivity index (χ1n) is 3.77. The Labute approximate surface area is 112 Å². The molecule has 3 N–H and O–H groups in total. The molecule has 0 bridgehead atoms. The van der Waals surface area contributed by atoms with Crippen molar-refractivity contribution in [3.63, 3.8) is 0 Å². The van der Waals surface area contributed by atoms with Crippen LogP contribution in [0.25, 0.3) is 6.08 Å². The van der Waals surface area contributed by atoms with Crippen molar-refractivity contribution in [3.8, 4) is 5.75 Å². The van der Waals surface area contributed by atoms with Crippen LogP contribution in [0.1, 0.15) is 5.56 Å². The zero-order valence-corrected chi connectivity index (χ0v) is 12.1. The molecular formula is C9H6Br3NO2. The van der Waals surface area contributed by atoms with E-state index < -0.39 is 5.91 Å². The van der Waals surface area contributed by atoms with Crippen LogP contribution in [0.3, 0.4) is 0 Å². The summed E-state index contributed by atoms with van der Waals surface area (Å²) in [6.07, 6.45) is 2.74. The number of primary amides is 1. The van der Waals surface area contributed by atoms with Gasteiger partial charge in [-0.05, 0) is 44.0 Å². The van der Waals surface area contributed by atoms with Crippen LogP contribution >= 0.6 is 47.8 Å². The summed E-state index contributed by atoms with van der Waals surface area (Å²) in [4.78, 5) is 10.6. The van der Waals surface area contributed by atoms with Crippen LogP contribution in [0, 0.1) is 0 Å². The second kappa shape index (κ2) is 5.14. The summed E-state index contributed by atoms with van der Waals surface area (Å²) in [5.74, 6) is -0.474. The Bertz CT molecular complexity index is 443. The van der Waals surface area contributed by atoms with Crippen molar-refractivity contribution in [2.24, 2.45) is 5.73 Å². The summed E-state index contributed by atoms with van der Waals surface area (Å²) in [7, 11) is 0. The Morgan fingerprint density at radius 1 is 1.33 bits per heavy atom. The van der Waals surface area contributed by atoms with Crippen LogP contribution in [-0.4, -0.2) is 11.0 Å². The Morgan fingerprint density at radius 3 is 2.47 bits per heavy atom. The number of carbonyl (C=O) groups is 1. The lowest BCUT2D eigenvalue weighted by Gasteiger charge is -2.06. The number of aromatic hydroxyl groups is 1. The third kappa shape index (κ3) is 3.06. The van der Waals surface area contributed by atoms with E-state index in [1.165, 1.54) is 12.2 Å². The zero-order chi connectivity index (χ0) is 11.6. The van der Waals surface area contributed by atoms with Crippen LogP contribution in [0.2, 0.25) is 0 Å². The minimum Gasteiger partial charge on any atom is -0.506 e. The van der Waals surface area contributed by atoms with E-state index in [4.69, 9.17) is 5.73 Å². The maximum atomic E-state index is 10.6. The molecule has 1 aromatic carbocycles. The summed E-state index contributed by atoms with van der Waals surface area (Å²) in [5, 5.41) is 9.61. The lowest BCUT2D eigenvalue weighted by Crippen LogP contribution is -2.05. The van der Waals surface area contributed by atoms with E-state index in [-0.39, 0.29) is 5.75 Å². The molecule has 1 aromatic rings. The van der Waals surface area contributed by atoms with E-state index >= 15 is 0 Å². The van der Waals surface area contributed by atoms with Gasteiger partial charge < -0.3 is 10.8 Å². The first kappa shape index (κ1) is 12.7.